The van der Waals surface area contributed by atoms with Crippen LogP contribution in [0.1, 0.15) is 24.3 Å². The monoisotopic (exact) mass is 339 g/mol. The van der Waals surface area contributed by atoms with E-state index in [1.165, 1.54) is 0 Å². The van der Waals surface area contributed by atoms with Crippen LogP contribution in [0.3, 0.4) is 0 Å². The van der Waals surface area contributed by atoms with Gasteiger partial charge in [-0.2, -0.15) is 13.5 Å². The Morgan fingerprint density at radius 1 is 1.22 bits per heavy atom. The van der Waals surface area contributed by atoms with Crippen molar-refractivity contribution in [3.63, 3.8) is 0 Å². The summed E-state index contributed by atoms with van der Waals surface area (Å²) >= 11 is 0. The van der Waals surface area contributed by atoms with Gasteiger partial charge in [-0.1, -0.05) is 0 Å². The Bertz CT molecular complexity index is 768. The third kappa shape index (κ3) is 4.22. The van der Waals surface area contributed by atoms with Crippen molar-refractivity contribution < 1.29 is 22.7 Å². The Kier molecular flexibility index (Phi) is 5.22. The van der Waals surface area contributed by atoms with Crippen LogP contribution in [0.5, 0.6) is 5.75 Å². The first-order valence-electron chi connectivity index (χ1n) is 6.94. The number of ether oxygens (including phenoxy) is 2. The van der Waals surface area contributed by atoms with E-state index in [-0.39, 0.29) is 17.3 Å². The quantitative estimate of drug-likeness (QED) is 0.744. The van der Waals surface area contributed by atoms with Crippen LogP contribution in [0.4, 0.5) is 5.69 Å². The molecule has 0 atom stereocenters. The first-order chi connectivity index (χ1) is 11.0. The number of anilines is 1. The summed E-state index contributed by atoms with van der Waals surface area (Å²) in [6.07, 6.45) is 0. The van der Waals surface area contributed by atoms with E-state index in [9.17, 15) is 13.2 Å². The van der Waals surface area contributed by atoms with E-state index in [2.05, 4.69) is 14.9 Å². The van der Waals surface area contributed by atoms with E-state index >= 15 is 0 Å². The van der Waals surface area contributed by atoms with Gasteiger partial charge in [0.25, 0.3) is 10.0 Å². The van der Waals surface area contributed by atoms with Crippen LogP contribution in [0.25, 0.3) is 0 Å². The molecule has 0 aliphatic carbocycles. The van der Waals surface area contributed by atoms with Crippen LogP contribution in [0, 0.1) is 0 Å². The predicted octanol–water partition coefficient (Wildman–Crippen LogP) is 1.79. The third-order valence-corrected chi connectivity index (χ3v) is 4.04. The largest absolute Gasteiger partial charge is 0.494 e. The number of aromatic nitrogens is 2. The van der Waals surface area contributed by atoms with E-state index in [0.29, 0.717) is 18.0 Å². The Hall–Kier alpha value is -2.55. The lowest BCUT2D eigenvalue weighted by atomic mass is 10.3. The second-order valence-corrected chi connectivity index (χ2v) is 6.05. The molecule has 0 unspecified atom stereocenters. The Morgan fingerprint density at radius 3 is 2.52 bits per heavy atom. The number of hydrogen-bond acceptors (Lipinski definition) is 6. The number of nitrogens with one attached hydrogen (secondary N) is 2. The zero-order chi connectivity index (χ0) is 16.9. The van der Waals surface area contributed by atoms with Crippen molar-refractivity contribution >= 4 is 21.7 Å². The fourth-order valence-electron chi connectivity index (χ4n) is 1.75. The summed E-state index contributed by atoms with van der Waals surface area (Å²) in [6.45, 7) is 4.21. The molecule has 23 heavy (non-hydrogen) atoms. The van der Waals surface area contributed by atoms with Gasteiger partial charge in [-0.3, -0.25) is 9.82 Å². The molecule has 0 spiro atoms. The first kappa shape index (κ1) is 16.8. The van der Waals surface area contributed by atoms with Gasteiger partial charge in [-0.05, 0) is 38.1 Å². The maximum absolute atomic E-state index is 12.2. The van der Waals surface area contributed by atoms with Crippen molar-refractivity contribution in [2.45, 2.75) is 18.9 Å². The zero-order valence-electron chi connectivity index (χ0n) is 12.7. The molecule has 2 rings (SSSR count). The van der Waals surface area contributed by atoms with Gasteiger partial charge >= 0.3 is 5.97 Å². The van der Waals surface area contributed by atoms with E-state index in [1.54, 1.807) is 31.2 Å². The van der Waals surface area contributed by atoms with Gasteiger partial charge in [0.15, 0.2) is 10.7 Å². The molecule has 0 saturated carbocycles. The van der Waals surface area contributed by atoms with Crippen LogP contribution in [0.2, 0.25) is 0 Å². The molecule has 2 aromatic rings. The molecule has 0 radical (unpaired) electrons. The number of rotatable bonds is 7. The lowest BCUT2D eigenvalue weighted by Gasteiger charge is -2.07. The fourth-order valence-corrected chi connectivity index (χ4v) is 2.74. The van der Waals surface area contributed by atoms with Crippen LogP contribution < -0.4 is 9.46 Å². The molecule has 124 valence electrons. The Morgan fingerprint density at radius 2 is 1.91 bits per heavy atom. The highest BCUT2D eigenvalue weighted by Crippen LogP contribution is 2.19. The molecule has 0 saturated heterocycles. The summed E-state index contributed by atoms with van der Waals surface area (Å²) < 4.78 is 36.9. The molecule has 1 aromatic carbocycles. The number of carbonyl (C=O) groups excluding carboxylic acids is 1. The van der Waals surface area contributed by atoms with Gasteiger partial charge in [-0.25, -0.2) is 4.79 Å². The second-order valence-electron chi connectivity index (χ2n) is 4.40. The highest BCUT2D eigenvalue weighted by Gasteiger charge is 2.20. The number of sulfonamides is 1. The molecule has 9 heteroatoms. The van der Waals surface area contributed by atoms with Crippen molar-refractivity contribution in [2.75, 3.05) is 17.9 Å². The molecule has 8 nitrogen and oxygen atoms in total. The predicted molar refractivity (Wildman–Crippen MR) is 83.0 cm³/mol. The number of esters is 1. The zero-order valence-corrected chi connectivity index (χ0v) is 13.5. The van der Waals surface area contributed by atoms with E-state index < -0.39 is 16.0 Å². The smallest absolute Gasteiger partial charge is 0.358 e. The lowest BCUT2D eigenvalue weighted by molar-refractivity contribution is 0.0519. The first-order valence-corrected chi connectivity index (χ1v) is 8.42. The second kappa shape index (κ2) is 7.14. The molecule has 0 aliphatic rings. The van der Waals surface area contributed by atoms with Crippen molar-refractivity contribution in [3.8, 4) is 5.75 Å². The topological polar surface area (TPSA) is 110 Å². The highest BCUT2D eigenvalue weighted by atomic mass is 32.2. The average molecular weight is 339 g/mol. The van der Waals surface area contributed by atoms with Crippen molar-refractivity contribution in [1.29, 1.82) is 0 Å². The van der Waals surface area contributed by atoms with Gasteiger partial charge in [-0.15, -0.1) is 0 Å². The number of H-pyrrole nitrogens is 1. The summed E-state index contributed by atoms with van der Waals surface area (Å²) in [4.78, 5) is 11.5. The van der Waals surface area contributed by atoms with Gasteiger partial charge in [0.1, 0.15) is 5.75 Å². The lowest BCUT2D eigenvalue weighted by Crippen LogP contribution is -2.13. The molecule has 0 bridgehead atoms. The van der Waals surface area contributed by atoms with Gasteiger partial charge in [0.2, 0.25) is 0 Å². The molecule has 0 aliphatic heterocycles. The molecular formula is C14H17N3O5S. The minimum atomic E-state index is -3.88. The maximum Gasteiger partial charge on any atom is 0.358 e. The molecule has 0 amide bonds. The van der Waals surface area contributed by atoms with Crippen LogP contribution in [0.15, 0.2) is 35.4 Å². The molecule has 1 heterocycles. The van der Waals surface area contributed by atoms with Crippen molar-refractivity contribution in [3.05, 3.63) is 36.0 Å². The summed E-state index contributed by atoms with van der Waals surface area (Å²) in [6, 6.07) is 7.57. The summed E-state index contributed by atoms with van der Waals surface area (Å²) in [5.41, 5.74) is 0.264. The van der Waals surface area contributed by atoms with Gasteiger partial charge in [0.05, 0.1) is 13.2 Å². The highest BCUT2D eigenvalue weighted by molar-refractivity contribution is 7.92. The summed E-state index contributed by atoms with van der Waals surface area (Å²) in [5, 5.41) is 5.73. The van der Waals surface area contributed by atoms with Crippen LogP contribution >= 0.6 is 0 Å². The normalized spacial score (nSPS) is 11.0. The number of nitrogens with zero attached hydrogens (tertiary/aromatic N) is 1. The van der Waals surface area contributed by atoms with Crippen molar-refractivity contribution in [2.24, 2.45) is 0 Å². The Balaban J connectivity index is 2.14. The van der Waals surface area contributed by atoms with E-state index in [1.807, 2.05) is 6.92 Å². The maximum atomic E-state index is 12.2. The fraction of sp³-hybridized carbons (Fsp3) is 0.286. The third-order valence-electron chi connectivity index (χ3n) is 2.75. The average Bonchev–Trinajstić information content (AvgIpc) is 3.00. The molecule has 0 fully saturated rings. The summed E-state index contributed by atoms with van der Waals surface area (Å²) in [7, 11) is -3.88. The minimum absolute atomic E-state index is 0.0982. The van der Waals surface area contributed by atoms with E-state index in [4.69, 9.17) is 9.47 Å². The van der Waals surface area contributed by atoms with Crippen LogP contribution in [-0.4, -0.2) is 37.8 Å². The minimum Gasteiger partial charge on any atom is -0.494 e. The summed E-state index contributed by atoms with van der Waals surface area (Å²) in [5.74, 6) is -0.0483. The SMILES string of the molecule is CCOC(=O)c1cc(S(=O)(=O)Nc2ccc(OCC)cc2)[nH]n1. The van der Waals surface area contributed by atoms with Crippen molar-refractivity contribution in [1.82, 2.24) is 10.2 Å². The molecular weight excluding hydrogens is 322 g/mol. The standard InChI is InChI=1S/C14H17N3O5S/c1-3-21-11-7-5-10(6-8-11)17-23(19,20)13-9-12(15-16-13)14(18)22-4-2/h5-9,17H,3-4H2,1-2H3,(H,15,16). The Labute approximate surface area is 133 Å². The molecule has 1 aromatic heterocycles. The van der Waals surface area contributed by atoms with Crippen LogP contribution in [-0.2, 0) is 14.8 Å². The number of carbonyl (C=O) groups is 1. The number of benzene rings is 1. The van der Waals surface area contributed by atoms with E-state index in [0.717, 1.165) is 6.07 Å². The molecule has 2 N–H and O–H groups in total. The number of aromatic amines is 1. The van der Waals surface area contributed by atoms with Gasteiger partial charge < -0.3 is 9.47 Å². The van der Waals surface area contributed by atoms with Gasteiger partial charge in [0, 0.05) is 11.8 Å². The number of hydrogen-bond donors (Lipinski definition) is 2.